The number of aliphatic hydroxyl groups is 1. The smallest absolute Gasteiger partial charge is 0.344 e. The highest BCUT2D eigenvalue weighted by atomic mass is 16.6. The Morgan fingerprint density at radius 1 is 1.23 bits per heavy atom. The maximum Gasteiger partial charge on any atom is 0.344 e. The van der Waals surface area contributed by atoms with Crippen LogP contribution >= 0.6 is 0 Å². The lowest BCUT2D eigenvalue weighted by molar-refractivity contribution is -0.173. The summed E-state index contributed by atoms with van der Waals surface area (Å²) in [4.78, 5) is 35.9. The Bertz CT molecular complexity index is 770. The van der Waals surface area contributed by atoms with Crippen LogP contribution in [0.5, 0.6) is 0 Å². The molecule has 1 unspecified atom stereocenters. The van der Waals surface area contributed by atoms with Crippen molar-refractivity contribution in [2.24, 2.45) is 35.0 Å². The molecule has 0 bridgehead atoms. The molecule has 3 saturated carbocycles. The second-order valence-electron chi connectivity index (χ2n) is 10.4. The molecule has 0 amide bonds. The van der Waals surface area contributed by atoms with Gasteiger partial charge in [0.15, 0.2) is 12.4 Å². The van der Waals surface area contributed by atoms with Gasteiger partial charge in [0.25, 0.3) is 0 Å². The number of allylic oxidation sites excluding steroid dienone is 1. The van der Waals surface area contributed by atoms with Gasteiger partial charge in [0.2, 0.25) is 0 Å². The van der Waals surface area contributed by atoms with Crippen molar-refractivity contribution in [3.63, 3.8) is 0 Å². The van der Waals surface area contributed by atoms with E-state index >= 15 is 0 Å². The van der Waals surface area contributed by atoms with E-state index in [4.69, 9.17) is 9.47 Å². The molecule has 4 rings (SSSR count). The van der Waals surface area contributed by atoms with E-state index < -0.39 is 24.6 Å². The predicted molar refractivity (Wildman–Crippen MR) is 114 cm³/mol. The molecule has 0 aliphatic heterocycles. The van der Waals surface area contributed by atoms with Crippen LogP contribution in [0, 0.1) is 35.0 Å². The zero-order chi connectivity index (χ0) is 22.3. The van der Waals surface area contributed by atoms with Crippen LogP contribution in [0.1, 0.15) is 72.1 Å². The van der Waals surface area contributed by atoms with Crippen LogP contribution < -0.4 is 0 Å². The summed E-state index contributed by atoms with van der Waals surface area (Å²) in [6.45, 7) is 5.31. The molecule has 6 heteroatoms. The molecule has 31 heavy (non-hydrogen) atoms. The Hall–Kier alpha value is -1.69. The van der Waals surface area contributed by atoms with Crippen molar-refractivity contribution in [3.05, 3.63) is 11.6 Å². The lowest BCUT2D eigenvalue weighted by Gasteiger charge is -2.53. The molecular weight excluding hydrogens is 396 g/mol. The summed E-state index contributed by atoms with van der Waals surface area (Å²) in [5.74, 6) is 1.62. The maximum absolute atomic E-state index is 12.5. The third-order valence-corrected chi connectivity index (χ3v) is 8.83. The van der Waals surface area contributed by atoms with Crippen molar-refractivity contribution in [1.82, 2.24) is 0 Å². The van der Waals surface area contributed by atoms with Gasteiger partial charge >= 0.3 is 11.9 Å². The van der Waals surface area contributed by atoms with E-state index in [0.717, 1.165) is 44.9 Å². The summed E-state index contributed by atoms with van der Waals surface area (Å²) in [6.07, 6.45) is 8.54. The summed E-state index contributed by atoms with van der Waals surface area (Å²) in [6, 6.07) is 0. The summed E-state index contributed by atoms with van der Waals surface area (Å²) in [5.41, 5.74) is 1.33. The van der Waals surface area contributed by atoms with Crippen LogP contribution in [-0.4, -0.2) is 41.6 Å². The number of hydrogen-bond acceptors (Lipinski definition) is 6. The van der Waals surface area contributed by atoms with Crippen LogP contribution in [0.4, 0.5) is 0 Å². The van der Waals surface area contributed by atoms with Gasteiger partial charge in [-0.25, -0.2) is 9.59 Å². The second kappa shape index (κ2) is 8.68. The molecule has 1 N–H and O–H groups in total. The Morgan fingerprint density at radius 2 is 2.00 bits per heavy atom. The minimum absolute atomic E-state index is 0.0580. The molecular formula is C25H36O6. The number of ether oxygens (including phenoxy) is 2. The molecule has 0 aromatic carbocycles. The molecule has 4 aliphatic rings. The molecule has 0 heterocycles. The lowest BCUT2D eigenvalue weighted by atomic mass is 9.52. The van der Waals surface area contributed by atoms with Gasteiger partial charge in [-0.2, -0.15) is 0 Å². The average Bonchev–Trinajstić information content (AvgIpc) is 3.03. The topological polar surface area (TPSA) is 89.9 Å². The number of aliphatic hydroxyl groups excluding tert-OH is 1. The second-order valence-corrected chi connectivity index (χ2v) is 10.4. The molecule has 0 radical (unpaired) electrons. The largest absolute Gasteiger partial charge is 0.459 e. The number of esters is 2. The zero-order valence-corrected chi connectivity index (χ0v) is 19.0. The van der Waals surface area contributed by atoms with E-state index in [1.54, 1.807) is 0 Å². The van der Waals surface area contributed by atoms with Gasteiger partial charge in [-0.3, -0.25) is 4.79 Å². The van der Waals surface area contributed by atoms with E-state index in [2.05, 4.69) is 13.8 Å². The molecule has 172 valence electrons. The van der Waals surface area contributed by atoms with Gasteiger partial charge in [-0.05, 0) is 87.5 Å². The van der Waals surface area contributed by atoms with Crippen molar-refractivity contribution in [2.75, 3.05) is 6.61 Å². The van der Waals surface area contributed by atoms with Gasteiger partial charge in [-0.15, -0.1) is 0 Å². The number of hydrogen-bond donors (Lipinski definition) is 1. The van der Waals surface area contributed by atoms with Crippen LogP contribution in [-0.2, 0) is 23.9 Å². The van der Waals surface area contributed by atoms with Gasteiger partial charge in [0.05, 0.1) is 0 Å². The minimum Gasteiger partial charge on any atom is -0.459 e. The normalized spacial score (nSPS) is 40.1. The summed E-state index contributed by atoms with van der Waals surface area (Å²) in [7, 11) is 0. The SMILES string of the molecule is CC[C@H]1C[C@H]2[C@@H]3CCC4=CC(=O)CC[C@@H]4[C@H]3CC[C@]2(C)[C@H]1OC(=O)COC(=O)C(C)O. The number of fused-ring (bicyclic) bond motifs is 5. The van der Waals surface area contributed by atoms with Crippen molar-refractivity contribution in [2.45, 2.75) is 84.3 Å². The minimum atomic E-state index is -1.25. The predicted octanol–water partition coefficient (Wildman–Crippen LogP) is 3.60. The van der Waals surface area contributed by atoms with Crippen molar-refractivity contribution < 1.29 is 29.0 Å². The van der Waals surface area contributed by atoms with Crippen molar-refractivity contribution >= 4 is 17.7 Å². The van der Waals surface area contributed by atoms with Crippen LogP contribution in [0.3, 0.4) is 0 Å². The van der Waals surface area contributed by atoms with E-state index in [9.17, 15) is 19.5 Å². The first-order chi connectivity index (χ1) is 14.7. The van der Waals surface area contributed by atoms with E-state index in [0.29, 0.717) is 41.8 Å². The maximum atomic E-state index is 12.5. The van der Waals surface area contributed by atoms with Crippen molar-refractivity contribution in [3.8, 4) is 0 Å². The number of rotatable bonds is 5. The van der Waals surface area contributed by atoms with Crippen LogP contribution in [0.15, 0.2) is 11.6 Å². The van der Waals surface area contributed by atoms with Gasteiger partial charge in [0, 0.05) is 11.8 Å². The fourth-order valence-corrected chi connectivity index (χ4v) is 7.35. The van der Waals surface area contributed by atoms with Gasteiger partial charge < -0.3 is 14.6 Å². The Balaban J connectivity index is 1.48. The third-order valence-electron chi connectivity index (χ3n) is 8.83. The van der Waals surface area contributed by atoms with E-state index in [-0.39, 0.29) is 11.5 Å². The van der Waals surface area contributed by atoms with Crippen molar-refractivity contribution in [1.29, 1.82) is 0 Å². The molecule has 0 saturated heterocycles. The third kappa shape index (κ3) is 4.08. The van der Waals surface area contributed by atoms with Crippen LogP contribution in [0.2, 0.25) is 0 Å². The zero-order valence-electron chi connectivity index (χ0n) is 19.0. The summed E-state index contributed by atoms with van der Waals surface area (Å²) < 4.78 is 10.8. The summed E-state index contributed by atoms with van der Waals surface area (Å²) >= 11 is 0. The first-order valence-electron chi connectivity index (χ1n) is 12.0. The molecule has 0 aromatic heterocycles. The highest BCUT2D eigenvalue weighted by Crippen LogP contribution is 2.64. The van der Waals surface area contributed by atoms with Gasteiger partial charge in [0.1, 0.15) is 12.2 Å². The monoisotopic (exact) mass is 432 g/mol. The quantitative estimate of drug-likeness (QED) is 0.668. The fourth-order valence-electron chi connectivity index (χ4n) is 7.35. The standard InChI is InChI=1S/C25H36O6/c1-4-15-12-21-20-7-5-16-11-17(27)6-8-18(16)19(20)9-10-25(21,3)23(15)31-22(28)13-30-24(29)14(2)26/h11,14-15,18-21,23,26H,4-10,12-13H2,1-3H3/t14?,15-,18-,19+,20+,21-,23-,25-/m0/s1. The molecule has 0 spiro atoms. The van der Waals surface area contributed by atoms with E-state index in [1.807, 2.05) is 6.08 Å². The van der Waals surface area contributed by atoms with E-state index in [1.165, 1.54) is 12.5 Å². The number of carbonyl (C=O) groups excluding carboxylic acids is 3. The average molecular weight is 433 g/mol. The molecule has 8 atom stereocenters. The first kappa shape index (κ1) is 22.5. The summed E-state index contributed by atoms with van der Waals surface area (Å²) in [5, 5.41) is 9.25. The fraction of sp³-hybridized carbons (Fsp3) is 0.800. The first-order valence-corrected chi connectivity index (χ1v) is 12.0. The molecule has 6 nitrogen and oxygen atoms in total. The Labute approximate surface area is 184 Å². The number of ketones is 1. The molecule has 0 aromatic rings. The van der Waals surface area contributed by atoms with Gasteiger partial charge in [-0.1, -0.05) is 19.4 Å². The highest BCUT2D eigenvalue weighted by Gasteiger charge is 2.60. The highest BCUT2D eigenvalue weighted by molar-refractivity contribution is 5.91. The Kier molecular flexibility index (Phi) is 6.30. The number of carbonyl (C=O) groups is 3. The Morgan fingerprint density at radius 3 is 2.71 bits per heavy atom. The molecule has 3 fully saturated rings. The molecule has 4 aliphatic carbocycles. The lowest BCUT2D eigenvalue weighted by Crippen LogP contribution is -2.49. The van der Waals surface area contributed by atoms with Crippen LogP contribution in [0.25, 0.3) is 0 Å².